The number of para-hydroxylation sites is 1. The van der Waals surface area contributed by atoms with Crippen molar-refractivity contribution in [3.05, 3.63) is 209 Å². The number of carbonyl (C=O) groups excluding carboxylic acids is 3. The quantitative estimate of drug-likeness (QED) is 0.0192. The van der Waals surface area contributed by atoms with E-state index in [-0.39, 0.29) is 29.9 Å². The maximum absolute atomic E-state index is 12.6. The zero-order valence-electron chi connectivity index (χ0n) is 55.7. The standard InChI is InChI=1S/C18H19N3O3.C13H18N2O4S.C11H12N2O2.C11H14N2O.C10H12N2O.C10H12N2/c1-11-15(5-7-19-11)18(24)21(12(2)22)8-6-13-10-20-17-4-3-14(23)9-16(13)17;1-14(2)7-6-10-9-15(20(16,17)18)13-5-4-11(19-3)8-12(10)13;14-7-12-4-3-8-6-13-11-2-1-9(15)5-10(8)11;1-12-5-4-8-7-13-11-3-2-9(14)6-10(8)11;11-4-3-7-6-12-10-2-1-8(13)5-9(7)10;11-6-5-8-7-12-10-4-2-1-3-9(8)10/h3-5,7,9-10,19-20,23H,6,8H2,1-2H3;4-5,8-9H,6-7H2,1-3H3,(H,16,17,18);1-2,5-7,13,15H,3-4H2,(H,12,14);2-3,6-7,12-14H,4-5H2,1H3;1-2,5-6,12-13H,3-4,11H2;1-4,7,12H,5-6,11H2. The molecular formula is C73H87N13O11S. The summed E-state index contributed by atoms with van der Waals surface area (Å²) < 4.78 is 38.2. The van der Waals surface area contributed by atoms with Gasteiger partial charge in [-0.1, -0.05) is 18.2 Å². The van der Waals surface area contributed by atoms with Gasteiger partial charge in [-0.2, -0.15) is 8.42 Å². The van der Waals surface area contributed by atoms with Crippen LogP contribution in [0.15, 0.2) is 165 Å². The molecule has 24 nitrogen and oxygen atoms in total. The number of phenolic OH excluding ortho intramolecular Hbond substituents is 4. The molecule has 3 amide bonds. The summed E-state index contributed by atoms with van der Waals surface area (Å²) in [6.07, 6.45) is 18.3. The Morgan fingerprint density at radius 1 is 0.561 bits per heavy atom. The number of aromatic amines is 6. The predicted octanol–water partition coefficient (Wildman–Crippen LogP) is 9.99. The Balaban J connectivity index is 0.000000153. The Labute approximate surface area is 567 Å². The van der Waals surface area contributed by atoms with Gasteiger partial charge in [0, 0.05) is 136 Å². The molecule has 13 aromatic rings. The molecule has 7 aromatic heterocycles. The van der Waals surface area contributed by atoms with E-state index in [1.807, 2.05) is 81.3 Å². The second kappa shape index (κ2) is 34.7. The first kappa shape index (κ1) is 73.0. The number of aromatic hydroxyl groups is 4. The first-order chi connectivity index (χ1) is 47.1. The number of fused-ring (bicyclic) bond motifs is 6. The van der Waals surface area contributed by atoms with E-state index in [4.69, 9.17) is 16.2 Å². The van der Waals surface area contributed by atoms with E-state index in [0.29, 0.717) is 67.2 Å². The second-order valence-corrected chi connectivity index (χ2v) is 24.7. The van der Waals surface area contributed by atoms with Gasteiger partial charge in [-0.15, -0.1) is 0 Å². The molecule has 25 heteroatoms. The number of H-pyrrole nitrogens is 6. The van der Waals surface area contributed by atoms with Crippen LogP contribution in [-0.2, 0) is 58.4 Å². The summed E-state index contributed by atoms with van der Waals surface area (Å²) in [6, 6.07) is 36.0. The lowest BCUT2D eigenvalue weighted by Gasteiger charge is -2.19. The lowest BCUT2D eigenvalue weighted by Crippen LogP contribution is -2.37. The molecule has 6 aromatic carbocycles. The van der Waals surface area contributed by atoms with Crippen molar-refractivity contribution in [2.75, 3.05) is 67.5 Å². The molecule has 0 aliphatic heterocycles. The normalized spacial score (nSPS) is 11.1. The first-order valence-electron chi connectivity index (χ1n) is 31.8. The lowest BCUT2D eigenvalue weighted by molar-refractivity contribution is -0.126. The van der Waals surface area contributed by atoms with Crippen LogP contribution in [0.1, 0.15) is 56.4 Å². The molecule has 0 atom stereocenters. The number of nitrogens with two attached hydrogens (primary N) is 2. The molecule has 0 aliphatic carbocycles. The molecule has 0 radical (unpaired) electrons. The minimum absolute atomic E-state index is 0.186. The highest BCUT2D eigenvalue weighted by molar-refractivity contribution is 7.84. The third kappa shape index (κ3) is 19.2. The number of methoxy groups -OCH3 is 1. The average molecular weight is 1350 g/mol. The van der Waals surface area contributed by atoms with Crippen LogP contribution >= 0.6 is 0 Å². The van der Waals surface area contributed by atoms with E-state index in [0.717, 1.165) is 120 Å². The monoisotopic (exact) mass is 1350 g/mol. The van der Waals surface area contributed by atoms with Crippen molar-refractivity contribution in [2.45, 2.75) is 52.4 Å². The van der Waals surface area contributed by atoms with E-state index in [9.17, 15) is 47.8 Å². The van der Waals surface area contributed by atoms with Crippen LogP contribution in [-0.4, -0.2) is 163 Å². The van der Waals surface area contributed by atoms with Crippen molar-refractivity contribution in [1.29, 1.82) is 0 Å². The van der Waals surface area contributed by atoms with E-state index < -0.39 is 10.3 Å². The number of imide groups is 1. The number of nitrogens with one attached hydrogen (secondary N) is 8. The Hall–Kier alpha value is -10.8. The van der Waals surface area contributed by atoms with Crippen molar-refractivity contribution in [3.8, 4) is 28.7 Å². The van der Waals surface area contributed by atoms with Crippen molar-refractivity contribution in [2.24, 2.45) is 11.5 Å². The number of benzene rings is 6. The average Bonchev–Trinajstić information content (AvgIpc) is 1.63. The SMILES string of the molecule is CC(=O)N(CCc1c[nH]c2ccc(O)cc12)C(=O)c1cc[nH]c1C.CNCCc1c[nH]c2ccc(O)cc12.COc1ccc2c(c1)c(CCN(C)C)cn2S(=O)(=O)O.NCCc1c[nH]c2ccc(O)cc12.NCCc1c[nH]c2ccccc12.O=CNCCc1c[nH]c2ccc(O)cc12. The van der Waals surface area contributed by atoms with Gasteiger partial charge in [-0.05, 0) is 223 Å². The third-order valence-electron chi connectivity index (χ3n) is 16.3. The van der Waals surface area contributed by atoms with Crippen molar-refractivity contribution in [1.82, 2.24) is 54.3 Å². The number of hydrogen-bond donors (Lipinski definition) is 15. The topological polar surface area (TPSA) is 378 Å². The molecule has 13 rings (SSSR count). The number of ether oxygens (including phenoxy) is 1. The minimum Gasteiger partial charge on any atom is -0.508 e. The maximum Gasteiger partial charge on any atom is 0.363 e. The van der Waals surface area contributed by atoms with Crippen molar-refractivity contribution >= 4 is 93.9 Å². The highest BCUT2D eigenvalue weighted by Crippen LogP contribution is 2.30. The highest BCUT2D eigenvalue weighted by Gasteiger charge is 2.23. The largest absolute Gasteiger partial charge is 0.508 e. The molecule has 0 saturated heterocycles. The van der Waals surface area contributed by atoms with Crippen molar-refractivity contribution in [3.63, 3.8) is 0 Å². The number of carbonyl (C=O) groups is 3. The van der Waals surface area contributed by atoms with Crippen LogP contribution in [0.4, 0.5) is 0 Å². The molecule has 0 saturated carbocycles. The van der Waals surface area contributed by atoms with Crippen molar-refractivity contribution < 1.29 is 52.5 Å². The molecule has 0 aliphatic rings. The molecule has 7 heterocycles. The van der Waals surface area contributed by atoms with Crippen LogP contribution in [0.3, 0.4) is 0 Å². The van der Waals surface area contributed by atoms with Gasteiger partial charge in [0.2, 0.25) is 12.3 Å². The summed E-state index contributed by atoms with van der Waals surface area (Å²) >= 11 is 0. The number of phenols is 4. The van der Waals surface area contributed by atoms with Crippen LogP contribution in [0.2, 0.25) is 0 Å². The van der Waals surface area contributed by atoms with Gasteiger partial charge in [0.1, 0.15) is 28.7 Å². The smallest absolute Gasteiger partial charge is 0.363 e. The van der Waals surface area contributed by atoms with Gasteiger partial charge in [0.25, 0.3) is 5.91 Å². The van der Waals surface area contributed by atoms with E-state index in [1.54, 1.807) is 99.1 Å². The fourth-order valence-corrected chi connectivity index (χ4v) is 11.9. The van der Waals surface area contributed by atoms with Gasteiger partial charge < -0.3 is 82.1 Å². The highest BCUT2D eigenvalue weighted by atomic mass is 32.2. The Morgan fingerprint density at radius 2 is 1.01 bits per heavy atom. The number of nitrogens with zero attached hydrogens (tertiary/aromatic N) is 3. The zero-order chi connectivity index (χ0) is 70.5. The van der Waals surface area contributed by atoms with Crippen LogP contribution in [0.5, 0.6) is 28.7 Å². The second-order valence-electron chi connectivity index (χ2n) is 23.4. The Kier molecular flexibility index (Phi) is 25.9. The summed E-state index contributed by atoms with van der Waals surface area (Å²) in [4.78, 5) is 56.6. The molecule has 0 bridgehead atoms. The molecule has 17 N–H and O–H groups in total. The minimum atomic E-state index is -4.30. The van der Waals surface area contributed by atoms with Crippen LogP contribution < -0.4 is 26.8 Å². The van der Waals surface area contributed by atoms with Gasteiger partial charge >= 0.3 is 10.3 Å². The number of amides is 3. The van der Waals surface area contributed by atoms with Crippen LogP contribution in [0, 0.1) is 6.92 Å². The summed E-state index contributed by atoms with van der Waals surface area (Å²) in [7, 11) is 3.08. The lowest BCUT2D eigenvalue weighted by atomic mass is 10.1. The van der Waals surface area contributed by atoms with Gasteiger partial charge in [-0.3, -0.25) is 23.8 Å². The number of likely N-dealkylation sites (N-methyl/N-ethyl adjacent to an activating group) is 2. The van der Waals surface area contributed by atoms with Crippen LogP contribution in [0.25, 0.3) is 65.4 Å². The summed E-state index contributed by atoms with van der Waals surface area (Å²) in [6.45, 7) is 7.14. The fourth-order valence-electron chi connectivity index (χ4n) is 11.2. The zero-order valence-corrected chi connectivity index (χ0v) is 56.6. The van der Waals surface area contributed by atoms with E-state index >= 15 is 0 Å². The number of aryl methyl sites for hydroxylation is 1. The first-order valence-corrected chi connectivity index (χ1v) is 33.2. The molecule has 0 spiro atoms. The van der Waals surface area contributed by atoms with Gasteiger partial charge in [-0.25, -0.2) is 3.97 Å². The molecule has 0 unspecified atom stereocenters. The van der Waals surface area contributed by atoms with Gasteiger partial charge in [0.15, 0.2) is 0 Å². The fraction of sp³-hybridized carbons (Fsp3) is 0.247. The number of aromatic nitrogens is 7. The number of hydrogen-bond acceptors (Lipinski definition) is 14. The Bertz CT molecular complexity index is 4880. The summed E-state index contributed by atoms with van der Waals surface area (Å²) in [5, 5.41) is 49.5. The number of rotatable bonds is 20. The summed E-state index contributed by atoms with van der Waals surface area (Å²) in [5.74, 6) is 1.12. The van der Waals surface area contributed by atoms with E-state index in [1.165, 1.54) is 40.1 Å². The molecule has 0 fully saturated rings. The predicted molar refractivity (Wildman–Crippen MR) is 388 cm³/mol. The third-order valence-corrected chi connectivity index (χ3v) is 17.1. The van der Waals surface area contributed by atoms with Gasteiger partial charge in [0.05, 0.1) is 18.2 Å². The maximum atomic E-state index is 12.6. The summed E-state index contributed by atoms with van der Waals surface area (Å²) in [5.41, 5.74) is 24.5. The molecule has 98 heavy (non-hydrogen) atoms. The molecule has 516 valence electrons. The molecular weight excluding hydrogens is 1270 g/mol. The Morgan fingerprint density at radius 3 is 1.44 bits per heavy atom. The van der Waals surface area contributed by atoms with E-state index in [2.05, 4.69) is 58.7 Å².